The highest BCUT2D eigenvalue weighted by Crippen LogP contribution is 2.35. The van der Waals surface area contributed by atoms with Crippen molar-refractivity contribution >= 4 is 5.69 Å². The van der Waals surface area contributed by atoms with Crippen LogP contribution in [-0.2, 0) is 12.8 Å². The molecule has 106 valence electrons. The van der Waals surface area contributed by atoms with Crippen LogP contribution in [0.1, 0.15) is 11.3 Å². The Morgan fingerprint density at radius 1 is 1.20 bits per heavy atom. The van der Waals surface area contributed by atoms with Gasteiger partial charge in [-0.15, -0.1) is 0 Å². The Bertz CT molecular complexity index is 615. The summed E-state index contributed by atoms with van der Waals surface area (Å²) in [5.74, 6) is 0.0780. The first kappa shape index (κ1) is 14.1. The summed E-state index contributed by atoms with van der Waals surface area (Å²) in [5, 5.41) is 9.15. The number of alkyl halides is 3. The van der Waals surface area contributed by atoms with E-state index in [1.54, 1.807) is 18.2 Å². The molecule has 7 heteroatoms. The molecule has 2 rings (SSSR count). The fraction of sp³-hybridized carbons (Fsp3) is 0.154. The SMILES string of the molecule is Nc1cnc(C(F)(F)F)cc1Oc1ccccc1CO. The summed E-state index contributed by atoms with van der Waals surface area (Å²) in [4.78, 5) is 3.22. The Labute approximate surface area is 112 Å². The summed E-state index contributed by atoms with van der Waals surface area (Å²) < 4.78 is 43.1. The highest BCUT2D eigenvalue weighted by molar-refractivity contribution is 5.53. The number of anilines is 1. The molecule has 0 amide bonds. The summed E-state index contributed by atoms with van der Waals surface area (Å²) >= 11 is 0. The van der Waals surface area contributed by atoms with E-state index in [-0.39, 0.29) is 23.8 Å². The number of aliphatic hydroxyl groups excluding tert-OH is 1. The molecule has 0 aliphatic carbocycles. The van der Waals surface area contributed by atoms with Gasteiger partial charge in [0.1, 0.15) is 11.4 Å². The lowest BCUT2D eigenvalue weighted by molar-refractivity contribution is -0.141. The third kappa shape index (κ3) is 3.00. The second kappa shape index (κ2) is 5.38. The zero-order valence-electron chi connectivity index (χ0n) is 10.2. The lowest BCUT2D eigenvalue weighted by Gasteiger charge is -2.13. The quantitative estimate of drug-likeness (QED) is 0.909. The molecule has 2 aromatic rings. The van der Waals surface area contributed by atoms with Gasteiger partial charge in [-0.05, 0) is 6.07 Å². The zero-order chi connectivity index (χ0) is 14.8. The van der Waals surface area contributed by atoms with Crippen LogP contribution in [0.4, 0.5) is 18.9 Å². The maximum atomic E-state index is 12.6. The first-order valence-electron chi connectivity index (χ1n) is 5.61. The van der Waals surface area contributed by atoms with Crippen LogP contribution in [0.2, 0.25) is 0 Å². The van der Waals surface area contributed by atoms with Crippen LogP contribution in [-0.4, -0.2) is 10.1 Å². The summed E-state index contributed by atoms with van der Waals surface area (Å²) in [6, 6.07) is 7.16. The molecule has 0 unspecified atom stereocenters. The lowest BCUT2D eigenvalue weighted by atomic mass is 10.2. The monoisotopic (exact) mass is 284 g/mol. The maximum absolute atomic E-state index is 12.6. The predicted molar refractivity (Wildman–Crippen MR) is 66.1 cm³/mol. The molecule has 3 N–H and O–H groups in total. The number of aliphatic hydroxyl groups is 1. The number of hydrogen-bond donors (Lipinski definition) is 2. The van der Waals surface area contributed by atoms with Gasteiger partial charge in [-0.2, -0.15) is 13.2 Å². The van der Waals surface area contributed by atoms with Crippen molar-refractivity contribution < 1.29 is 23.0 Å². The molecule has 1 heterocycles. The molecule has 0 saturated carbocycles. The lowest BCUT2D eigenvalue weighted by Crippen LogP contribution is -2.09. The van der Waals surface area contributed by atoms with Gasteiger partial charge in [-0.1, -0.05) is 18.2 Å². The summed E-state index contributed by atoms with van der Waals surface area (Å²) in [7, 11) is 0. The number of nitrogen functional groups attached to an aromatic ring is 1. The number of hydrogen-bond acceptors (Lipinski definition) is 4. The largest absolute Gasteiger partial charge is 0.455 e. The van der Waals surface area contributed by atoms with E-state index >= 15 is 0 Å². The van der Waals surface area contributed by atoms with Gasteiger partial charge in [-0.25, -0.2) is 4.98 Å². The molecule has 0 atom stereocenters. The Hall–Kier alpha value is -2.28. The Kier molecular flexibility index (Phi) is 3.80. The summed E-state index contributed by atoms with van der Waals surface area (Å²) in [5.41, 5.74) is 4.88. The Morgan fingerprint density at radius 2 is 1.90 bits per heavy atom. The van der Waals surface area contributed by atoms with Gasteiger partial charge in [0.15, 0.2) is 5.75 Å². The normalized spacial score (nSPS) is 11.4. The second-order valence-corrected chi connectivity index (χ2v) is 3.97. The molecular formula is C13H11F3N2O2. The summed E-state index contributed by atoms with van der Waals surface area (Å²) in [6.45, 7) is -0.298. The van der Waals surface area contributed by atoms with E-state index in [0.29, 0.717) is 5.56 Å². The molecule has 20 heavy (non-hydrogen) atoms. The minimum absolute atomic E-state index is 0.0225. The average molecular weight is 284 g/mol. The number of aromatic nitrogens is 1. The number of pyridine rings is 1. The van der Waals surface area contributed by atoms with Crippen molar-refractivity contribution in [2.75, 3.05) is 5.73 Å². The maximum Gasteiger partial charge on any atom is 0.433 e. The van der Waals surface area contributed by atoms with Gasteiger partial charge < -0.3 is 15.6 Å². The standard InChI is InChI=1S/C13H11F3N2O2/c14-13(15,16)12-5-11(9(17)6-18-12)20-10-4-2-1-3-8(10)7-19/h1-6,19H,7,17H2. The van der Waals surface area contributed by atoms with Gasteiger partial charge >= 0.3 is 6.18 Å². The number of benzene rings is 1. The summed E-state index contributed by atoms with van der Waals surface area (Å²) in [6.07, 6.45) is -3.69. The Morgan fingerprint density at radius 3 is 2.55 bits per heavy atom. The topological polar surface area (TPSA) is 68.4 Å². The molecule has 0 saturated heterocycles. The van der Waals surface area contributed by atoms with E-state index in [4.69, 9.17) is 15.6 Å². The molecule has 0 fully saturated rings. The number of halogens is 3. The van der Waals surface area contributed by atoms with E-state index < -0.39 is 11.9 Å². The van der Waals surface area contributed by atoms with Gasteiger partial charge in [0.2, 0.25) is 0 Å². The van der Waals surface area contributed by atoms with Crippen molar-refractivity contribution in [3.05, 3.63) is 47.8 Å². The van der Waals surface area contributed by atoms with Crippen LogP contribution in [0.25, 0.3) is 0 Å². The highest BCUT2D eigenvalue weighted by atomic mass is 19.4. The minimum atomic E-state index is -4.58. The molecule has 1 aromatic carbocycles. The zero-order valence-corrected chi connectivity index (χ0v) is 10.2. The number of nitrogens with zero attached hydrogens (tertiary/aromatic N) is 1. The van der Waals surface area contributed by atoms with Crippen LogP contribution >= 0.6 is 0 Å². The number of rotatable bonds is 3. The predicted octanol–water partition coefficient (Wildman–Crippen LogP) is 2.97. The fourth-order valence-corrected chi connectivity index (χ4v) is 1.54. The van der Waals surface area contributed by atoms with Crippen molar-refractivity contribution in [2.24, 2.45) is 0 Å². The van der Waals surface area contributed by atoms with Crippen LogP contribution in [0, 0.1) is 0 Å². The first-order valence-corrected chi connectivity index (χ1v) is 5.61. The number of nitrogens with two attached hydrogens (primary N) is 1. The van der Waals surface area contributed by atoms with Crippen molar-refractivity contribution in [1.82, 2.24) is 4.98 Å². The fourth-order valence-electron chi connectivity index (χ4n) is 1.54. The molecule has 0 radical (unpaired) electrons. The van der Waals surface area contributed by atoms with Gasteiger partial charge in [0, 0.05) is 11.6 Å². The molecule has 0 bridgehead atoms. The van der Waals surface area contributed by atoms with E-state index in [0.717, 1.165) is 12.3 Å². The van der Waals surface area contributed by atoms with Gasteiger partial charge in [0.25, 0.3) is 0 Å². The van der Waals surface area contributed by atoms with Crippen molar-refractivity contribution in [3.8, 4) is 11.5 Å². The smallest absolute Gasteiger partial charge is 0.433 e. The third-order valence-corrected chi connectivity index (χ3v) is 2.55. The van der Waals surface area contributed by atoms with E-state index in [1.165, 1.54) is 6.07 Å². The molecule has 1 aromatic heterocycles. The van der Waals surface area contributed by atoms with Crippen molar-refractivity contribution in [1.29, 1.82) is 0 Å². The third-order valence-electron chi connectivity index (χ3n) is 2.55. The molecule has 4 nitrogen and oxygen atoms in total. The van der Waals surface area contributed by atoms with E-state index in [1.807, 2.05) is 0 Å². The molecule has 0 aliphatic rings. The molecule has 0 spiro atoms. The van der Waals surface area contributed by atoms with E-state index in [9.17, 15) is 13.2 Å². The van der Waals surface area contributed by atoms with Crippen LogP contribution in [0.15, 0.2) is 36.5 Å². The van der Waals surface area contributed by atoms with Gasteiger partial charge in [0.05, 0.1) is 18.5 Å². The van der Waals surface area contributed by atoms with Gasteiger partial charge in [-0.3, -0.25) is 0 Å². The average Bonchev–Trinajstić information content (AvgIpc) is 2.40. The molecular weight excluding hydrogens is 273 g/mol. The van der Waals surface area contributed by atoms with E-state index in [2.05, 4.69) is 4.98 Å². The van der Waals surface area contributed by atoms with Crippen LogP contribution in [0.5, 0.6) is 11.5 Å². The van der Waals surface area contributed by atoms with Crippen molar-refractivity contribution in [2.45, 2.75) is 12.8 Å². The molecule has 0 aliphatic heterocycles. The number of ether oxygens (including phenoxy) is 1. The first-order chi connectivity index (χ1) is 9.41. The Balaban J connectivity index is 2.38. The highest BCUT2D eigenvalue weighted by Gasteiger charge is 2.33. The second-order valence-electron chi connectivity index (χ2n) is 3.97. The van der Waals surface area contributed by atoms with Crippen molar-refractivity contribution in [3.63, 3.8) is 0 Å². The van der Waals surface area contributed by atoms with Crippen LogP contribution < -0.4 is 10.5 Å². The minimum Gasteiger partial charge on any atom is -0.455 e. The number of para-hydroxylation sites is 1. The van der Waals surface area contributed by atoms with Crippen LogP contribution in [0.3, 0.4) is 0 Å².